The van der Waals surface area contributed by atoms with Crippen molar-refractivity contribution in [3.8, 4) is 0 Å². The molecule has 1 aliphatic rings. The Labute approximate surface area is 145 Å². The van der Waals surface area contributed by atoms with Crippen molar-refractivity contribution >= 4 is 11.6 Å². The van der Waals surface area contributed by atoms with E-state index in [-0.39, 0.29) is 11.7 Å². The monoisotopic (exact) mass is 346 g/mol. The highest BCUT2D eigenvalue weighted by Gasteiger charge is 2.26. The van der Waals surface area contributed by atoms with Gasteiger partial charge in [0.25, 0.3) is 5.91 Å². The normalized spacial score (nSPS) is 16.4. The summed E-state index contributed by atoms with van der Waals surface area (Å²) in [5.74, 6) is -1.07. The van der Waals surface area contributed by atoms with Crippen LogP contribution in [0.25, 0.3) is 0 Å². The zero-order chi connectivity index (χ0) is 17.8. The Bertz CT molecular complexity index is 719. The van der Waals surface area contributed by atoms with E-state index in [1.165, 1.54) is 36.4 Å². The third-order valence-corrected chi connectivity index (χ3v) is 4.42. The number of nitrogens with zero attached hydrogens (tertiary/aromatic N) is 2. The van der Waals surface area contributed by atoms with Crippen molar-refractivity contribution < 1.29 is 18.7 Å². The van der Waals surface area contributed by atoms with Crippen LogP contribution in [0.3, 0.4) is 0 Å². The first-order valence-electron chi connectivity index (χ1n) is 8.27. The van der Waals surface area contributed by atoms with Crippen LogP contribution in [0.4, 0.5) is 14.5 Å². The van der Waals surface area contributed by atoms with E-state index in [2.05, 4.69) is 4.90 Å². The van der Waals surface area contributed by atoms with Crippen molar-refractivity contribution in [2.75, 3.05) is 31.1 Å². The number of aliphatic hydroxyl groups is 1. The number of amides is 1. The van der Waals surface area contributed by atoms with Crippen molar-refractivity contribution in [3.63, 3.8) is 0 Å². The van der Waals surface area contributed by atoms with Gasteiger partial charge in [-0.05, 0) is 48.4 Å². The summed E-state index contributed by atoms with van der Waals surface area (Å²) in [7, 11) is 0. The van der Waals surface area contributed by atoms with Gasteiger partial charge in [-0.25, -0.2) is 8.78 Å². The lowest BCUT2D eigenvalue weighted by Gasteiger charge is -2.25. The number of aliphatic hydroxyl groups excluding tert-OH is 1. The third-order valence-electron chi connectivity index (χ3n) is 4.42. The summed E-state index contributed by atoms with van der Waals surface area (Å²) >= 11 is 0. The minimum absolute atomic E-state index is 0.280. The van der Waals surface area contributed by atoms with E-state index in [0.717, 1.165) is 18.7 Å². The maximum absolute atomic E-state index is 13.1. The van der Waals surface area contributed by atoms with Crippen LogP contribution in [0.5, 0.6) is 0 Å². The fraction of sp³-hybridized carbons (Fsp3) is 0.316. The van der Waals surface area contributed by atoms with Crippen LogP contribution in [0.1, 0.15) is 18.1 Å². The second kappa shape index (κ2) is 7.61. The van der Waals surface area contributed by atoms with Crippen molar-refractivity contribution in [2.45, 2.75) is 12.5 Å². The summed E-state index contributed by atoms with van der Waals surface area (Å²) < 4.78 is 26.0. The molecule has 132 valence electrons. The van der Waals surface area contributed by atoms with E-state index in [1.807, 2.05) is 0 Å². The first-order valence-corrected chi connectivity index (χ1v) is 8.27. The molecule has 0 aliphatic carbocycles. The first-order chi connectivity index (χ1) is 12.0. The second-order valence-corrected chi connectivity index (χ2v) is 6.10. The molecule has 1 saturated heterocycles. The second-order valence-electron chi connectivity index (χ2n) is 6.10. The van der Waals surface area contributed by atoms with Gasteiger partial charge >= 0.3 is 0 Å². The fourth-order valence-electron chi connectivity index (χ4n) is 3.01. The minimum Gasteiger partial charge on any atom is -0.378 e. The average molecular weight is 346 g/mol. The maximum atomic E-state index is 13.1. The number of hydrogen-bond donors (Lipinski definition) is 1. The molecule has 2 aromatic carbocycles. The predicted molar refractivity (Wildman–Crippen MR) is 91.2 cm³/mol. The number of hydrogen-bond acceptors (Lipinski definition) is 3. The van der Waals surface area contributed by atoms with E-state index in [1.54, 1.807) is 17.0 Å². The lowest BCUT2D eigenvalue weighted by Crippen LogP contribution is -2.38. The smallest absolute Gasteiger partial charge is 0.256 e. The third kappa shape index (κ3) is 4.14. The van der Waals surface area contributed by atoms with Crippen molar-refractivity contribution in [3.05, 3.63) is 65.7 Å². The summed E-state index contributed by atoms with van der Waals surface area (Å²) in [6.07, 6.45) is -0.544. The fourth-order valence-corrected chi connectivity index (χ4v) is 3.01. The summed E-state index contributed by atoms with van der Waals surface area (Å²) in [4.78, 5) is 16.3. The van der Waals surface area contributed by atoms with Gasteiger partial charge in [-0.3, -0.25) is 4.79 Å². The van der Waals surface area contributed by atoms with E-state index in [0.29, 0.717) is 25.2 Å². The van der Waals surface area contributed by atoms with Crippen LogP contribution in [0.15, 0.2) is 48.5 Å². The van der Waals surface area contributed by atoms with Crippen LogP contribution in [0.2, 0.25) is 0 Å². The molecule has 4 nitrogen and oxygen atoms in total. The van der Waals surface area contributed by atoms with Crippen molar-refractivity contribution in [1.82, 2.24) is 4.90 Å². The SMILES string of the molecule is O=C([C@@H](O)c1ccc(F)cc1)N1CCCN(c2ccc(F)cc2)CC1. The number of carbonyl (C=O) groups is 1. The van der Waals surface area contributed by atoms with Gasteiger partial charge in [0.1, 0.15) is 11.6 Å². The molecule has 0 saturated carbocycles. The summed E-state index contributed by atoms with van der Waals surface area (Å²) in [5, 5.41) is 10.3. The number of benzene rings is 2. The molecular formula is C19H20F2N2O2. The Morgan fingerprint density at radius 2 is 1.48 bits per heavy atom. The average Bonchev–Trinajstić information content (AvgIpc) is 2.88. The molecule has 1 amide bonds. The molecule has 2 aromatic rings. The molecule has 6 heteroatoms. The Morgan fingerprint density at radius 3 is 2.12 bits per heavy atom. The Morgan fingerprint density at radius 1 is 0.880 bits per heavy atom. The molecule has 0 aromatic heterocycles. The topological polar surface area (TPSA) is 43.8 Å². The minimum atomic E-state index is -1.29. The van der Waals surface area contributed by atoms with Gasteiger partial charge in [-0.1, -0.05) is 12.1 Å². The highest BCUT2D eigenvalue weighted by molar-refractivity contribution is 5.82. The van der Waals surface area contributed by atoms with Crippen LogP contribution < -0.4 is 4.90 Å². The molecule has 1 atom stereocenters. The predicted octanol–water partition coefficient (Wildman–Crippen LogP) is 2.74. The van der Waals surface area contributed by atoms with E-state index >= 15 is 0 Å². The van der Waals surface area contributed by atoms with Crippen LogP contribution in [-0.2, 0) is 4.79 Å². The molecule has 1 fully saturated rings. The van der Waals surface area contributed by atoms with Crippen LogP contribution >= 0.6 is 0 Å². The van der Waals surface area contributed by atoms with E-state index in [4.69, 9.17) is 0 Å². The largest absolute Gasteiger partial charge is 0.378 e. The Balaban J connectivity index is 1.64. The van der Waals surface area contributed by atoms with E-state index < -0.39 is 11.9 Å². The molecular weight excluding hydrogens is 326 g/mol. The maximum Gasteiger partial charge on any atom is 0.256 e. The summed E-state index contributed by atoms with van der Waals surface area (Å²) in [6.45, 7) is 2.36. The molecule has 1 N–H and O–H groups in total. The van der Waals surface area contributed by atoms with Gasteiger partial charge in [0.05, 0.1) is 0 Å². The summed E-state index contributed by atoms with van der Waals surface area (Å²) in [5.41, 5.74) is 1.29. The molecule has 0 bridgehead atoms. The number of carbonyl (C=O) groups excluding carboxylic acids is 1. The molecule has 0 spiro atoms. The molecule has 0 radical (unpaired) electrons. The molecule has 1 heterocycles. The van der Waals surface area contributed by atoms with Gasteiger partial charge in [0.2, 0.25) is 0 Å². The quantitative estimate of drug-likeness (QED) is 0.929. The van der Waals surface area contributed by atoms with Crippen molar-refractivity contribution in [2.24, 2.45) is 0 Å². The highest BCUT2D eigenvalue weighted by atomic mass is 19.1. The zero-order valence-electron chi connectivity index (χ0n) is 13.7. The molecule has 3 rings (SSSR count). The first kappa shape index (κ1) is 17.4. The molecule has 1 aliphatic heterocycles. The van der Waals surface area contributed by atoms with Gasteiger partial charge in [0, 0.05) is 31.9 Å². The van der Waals surface area contributed by atoms with Crippen LogP contribution in [0, 0.1) is 11.6 Å². The Hall–Kier alpha value is -2.47. The van der Waals surface area contributed by atoms with Gasteiger partial charge in [-0.2, -0.15) is 0 Å². The number of rotatable bonds is 3. The summed E-state index contributed by atoms with van der Waals surface area (Å²) in [6, 6.07) is 11.6. The van der Waals surface area contributed by atoms with Crippen LogP contribution in [-0.4, -0.2) is 42.1 Å². The number of anilines is 1. The lowest BCUT2D eigenvalue weighted by atomic mass is 10.1. The zero-order valence-corrected chi connectivity index (χ0v) is 13.7. The Kier molecular flexibility index (Phi) is 5.28. The number of halogens is 2. The molecule has 0 unspecified atom stereocenters. The van der Waals surface area contributed by atoms with Gasteiger partial charge < -0.3 is 14.9 Å². The highest BCUT2D eigenvalue weighted by Crippen LogP contribution is 2.20. The van der Waals surface area contributed by atoms with Crippen molar-refractivity contribution in [1.29, 1.82) is 0 Å². The standard InChI is InChI=1S/C19H20F2N2O2/c20-15-4-2-14(3-5-15)18(24)19(25)23-11-1-10-22(12-13-23)17-8-6-16(21)7-9-17/h2-9,18,24H,1,10-13H2/t18-/m0/s1. The molecule has 25 heavy (non-hydrogen) atoms. The lowest BCUT2D eigenvalue weighted by molar-refractivity contribution is -0.140. The van der Waals surface area contributed by atoms with Gasteiger partial charge in [0.15, 0.2) is 6.10 Å². The van der Waals surface area contributed by atoms with E-state index in [9.17, 15) is 18.7 Å². The van der Waals surface area contributed by atoms with Gasteiger partial charge in [-0.15, -0.1) is 0 Å².